The van der Waals surface area contributed by atoms with Gasteiger partial charge in [-0.15, -0.1) is 0 Å². The van der Waals surface area contributed by atoms with Crippen LogP contribution in [-0.4, -0.2) is 38.6 Å². The number of benzene rings is 2. The van der Waals surface area contributed by atoms with Crippen LogP contribution in [0.1, 0.15) is 0 Å². The number of urea groups is 1. The summed E-state index contributed by atoms with van der Waals surface area (Å²) in [5, 5.41) is 5.13. The summed E-state index contributed by atoms with van der Waals surface area (Å²) in [5.74, 6) is -2.04. The van der Waals surface area contributed by atoms with Crippen LogP contribution in [0, 0.1) is 11.7 Å². The molecule has 0 aliphatic carbocycles. The van der Waals surface area contributed by atoms with E-state index in [9.17, 15) is 18.8 Å². The van der Waals surface area contributed by atoms with Crippen LogP contribution in [-0.2, 0) is 9.59 Å². The van der Waals surface area contributed by atoms with Gasteiger partial charge in [-0.25, -0.2) is 14.1 Å². The Hall–Kier alpha value is -3.62. The molecule has 0 radical (unpaired) electrons. The molecular formula is C19H18FN3O5. The molecule has 3 rings (SSSR count). The number of hydrogen-bond acceptors (Lipinski definition) is 5. The van der Waals surface area contributed by atoms with Crippen LogP contribution in [0.4, 0.5) is 20.6 Å². The first kappa shape index (κ1) is 19.2. The zero-order valence-corrected chi connectivity index (χ0v) is 15.2. The van der Waals surface area contributed by atoms with Crippen LogP contribution in [0.5, 0.6) is 11.5 Å². The molecule has 2 aromatic carbocycles. The second-order valence-corrected chi connectivity index (χ2v) is 5.98. The number of methoxy groups -OCH3 is 2. The maximum absolute atomic E-state index is 13.1. The molecular weight excluding hydrogens is 369 g/mol. The molecule has 1 aliphatic rings. The van der Waals surface area contributed by atoms with Gasteiger partial charge < -0.3 is 20.1 Å². The van der Waals surface area contributed by atoms with Crippen LogP contribution in [0.2, 0.25) is 0 Å². The molecule has 2 aromatic rings. The molecule has 0 aromatic heterocycles. The largest absolute Gasteiger partial charge is 0.497 e. The van der Waals surface area contributed by atoms with E-state index in [4.69, 9.17) is 9.47 Å². The van der Waals surface area contributed by atoms with E-state index in [-0.39, 0.29) is 12.2 Å². The molecule has 2 N–H and O–H groups in total. The van der Waals surface area contributed by atoms with Crippen LogP contribution < -0.4 is 25.0 Å². The third-order valence-electron chi connectivity index (χ3n) is 4.20. The highest BCUT2D eigenvalue weighted by molar-refractivity contribution is 6.23. The molecule has 0 bridgehead atoms. The van der Waals surface area contributed by atoms with E-state index in [1.54, 1.807) is 18.2 Å². The molecule has 0 spiro atoms. The molecule has 1 heterocycles. The van der Waals surface area contributed by atoms with E-state index in [0.29, 0.717) is 17.2 Å². The van der Waals surface area contributed by atoms with Crippen molar-refractivity contribution in [1.82, 2.24) is 5.32 Å². The predicted octanol–water partition coefficient (Wildman–Crippen LogP) is 2.15. The maximum atomic E-state index is 13.1. The number of ether oxygens (including phenoxy) is 2. The Kier molecular flexibility index (Phi) is 5.44. The van der Waals surface area contributed by atoms with Crippen molar-refractivity contribution >= 4 is 29.2 Å². The van der Waals surface area contributed by atoms with Gasteiger partial charge in [-0.05, 0) is 24.3 Å². The minimum atomic E-state index is -1.15. The highest BCUT2D eigenvalue weighted by atomic mass is 19.1. The zero-order valence-electron chi connectivity index (χ0n) is 15.2. The lowest BCUT2D eigenvalue weighted by molar-refractivity contribution is -0.130. The van der Waals surface area contributed by atoms with Crippen molar-refractivity contribution < 1.29 is 28.2 Å². The molecule has 28 heavy (non-hydrogen) atoms. The molecule has 4 amide bonds. The first-order valence-electron chi connectivity index (χ1n) is 8.34. The van der Waals surface area contributed by atoms with E-state index >= 15 is 0 Å². The average Bonchev–Trinajstić information content (AvgIpc) is 2.69. The predicted molar refractivity (Wildman–Crippen MR) is 99.0 cm³/mol. The van der Waals surface area contributed by atoms with Crippen LogP contribution >= 0.6 is 0 Å². The second kappa shape index (κ2) is 7.95. The summed E-state index contributed by atoms with van der Waals surface area (Å²) in [6.07, 6.45) is 0. The van der Waals surface area contributed by atoms with Gasteiger partial charge in [0, 0.05) is 30.4 Å². The van der Waals surface area contributed by atoms with Gasteiger partial charge in [0.2, 0.25) is 11.8 Å². The van der Waals surface area contributed by atoms with Gasteiger partial charge in [-0.1, -0.05) is 0 Å². The fourth-order valence-electron chi connectivity index (χ4n) is 2.76. The summed E-state index contributed by atoms with van der Waals surface area (Å²) in [5.41, 5.74) is 0.545. The summed E-state index contributed by atoms with van der Waals surface area (Å²) >= 11 is 0. The van der Waals surface area contributed by atoms with Crippen LogP contribution in [0.3, 0.4) is 0 Å². The van der Waals surface area contributed by atoms with Gasteiger partial charge in [0.25, 0.3) is 0 Å². The summed E-state index contributed by atoms with van der Waals surface area (Å²) < 4.78 is 23.4. The number of halogens is 1. The normalized spacial score (nSPS) is 16.4. The average molecular weight is 387 g/mol. The number of anilines is 2. The van der Waals surface area contributed by atoms with Gasteiger partial charge in [0.15, 0.2) is 0 Å². The summed E-state index contributed by atoms with van der Waals surface area (Å²) in [6.45, 7) is -0.150. The lowest BCUT2D eigenvalue weighted by atomic mass is 10.0. The van der Waals surface area contributed by atoms with E-state index in [2.05, 4.69) is 10.6 Å². The van der Waals surface area contributed by atoms with Gasteiger partial charge in [0.1, 0.15) is 23.2 Å². The Morgan fingerprint density at radius 3 is 2.29 bits per heavy atom. The van der Waals surface area contributed by atoms with E-state index in [0.717, 1.165) is 17.0 Å². The lowest BCUT2D eigenvalue weighted by Gasteiger charge is -2.30. The van der Waals surface area contributed by atoms with Crippen LogP contribution in [0.25, 0.3) is 0 Å². The van der Waals surface area contributed by atoms with Crippen molar-refractivity contribution in [2.75, 3.05) is 31.0 Å². The number of imide groups is 1. The van der Waals surface area contributed by atoms with Crippen molar-refractivity contribution in [3.05, 3.63) is 48.3 Å². The molecule has 1 fully saturated rings. The number of carbonyl (C=O) groups is 3. The minimum Gasteiger partial charge on any atom is -0.497 e. The Balaban J connectivity index is 1.81. The van der Waals surface area contributed by atoms with Gasteiger partial charge >= 0.3 is 6.03 Å². The fourth-order valence-corrected chi connectivity index (χ4v) is 2.76. The molecule has 9 heteroatoms. The Morgan fingerprint density at radius 1 is 1.11 bits per heavy atom. The maximum Gasteiger partial charge on any atom is 0.328 e. The van der Waals surface area contributed by atoms with Gasteiger partial charge in [0.05, 0.1) is 19.9 Å². The zero-order chi connectivity index (χ0) is 20.3. The standard InChI is InChI=1S/C19H18FN3O5/c1-27-14-7-12(8-15(9-14)28-2)22-17(24)16-10-21-19(26)23(18(16)25)13-5-3-11(20)4-6-13/h3-9,16H,10H2,1-2H3,(H,21,26)(H,22,24). The minimum absolute atomic E-state index is 0.150. The third kappa shape index (κ3) is 3.88. The van der Waals surface area contributed by atoms with Crippen molar-refractivity contribution in [3.8, 4) is 11.5 Å². The van der Waals surface area contributed by atoms with Crippen molar-refractivity contribution in [1.29, 1.82) is 0 Å². The number of amides is 4. The monoisotopic (exact) mass is 387 g/mol. The molecule has 146 valence electrons. The van der Waals surface area contributed by atoms with Crippen molar-refractivity contribution in [2.24, 2.45) is 5.92 Å². The SMILES string of the molecule is COc1cc(NC(=O)C2CNC(=O)N(c3ccc(F)cc3)C2=O)cc(OC)c1. The Morgan fingerprint density at radius 2 is 1.71 bits per heavy atom. The highest BCUT2D eigenvalue weighted by Gasteiger charge is 2.39. The summed E-state index contributed by atoms with van der Waals surface area (Å²) in [6, 6.07) is 8.94. The lowest BCUT2D eigenvalue weighted by Crippen LogP contribution is -2.58. The molecule has 1 aliphatic heterocycles. The number of hydrogen-bond donors (Lipinski definition) is 2. The highest BCUT2D eigenvalue weighted by Crippen LogP contribution is 2.27. The van der Waals surface area contributed by atoms with E-state index in [1.807, 2.05) is 0 Å². The smallest absolute Gasteiger partial charge is 0.328 e. The number of carbonyl (C=O) groups excluding carboxylic acids is 3. The van der Waals surface area contributed by atoms with Gasteiger partial charge in [-0.3, -0.25) is 9.59 Å². The summed E-state index contributed by atoms with van der Waals surface area (Å²) in [7, 11) is 2.95. The topological polar surface area (TPSA) is 97.0 Å². The van der Waals surface area contributed by atoms with Crippen LogP contribution in [0.15, 0.2) is 42.5 Å². The van der Waals surface area contributed by atoms with E-state index in [1.165, 1.54) is 26.4 Å². The molecule has 1 saturated heterocycles. The number of nitrogens with one attached hydrogen (secondary N) is 2. The van der Waals surface area contributed by atoms with Crippen molar-refractivity contribution in [3.63, 3.8) is 0 Å². The quantitative estimate of drug-likeness (QED) is 0.767. The van der Waals surface area contributed by atoms with E-state index < -0.39 is 29.6 Å². The first-order valence-corrected chi connectivity index (χ1v) is 8.34. The number of nitrogens with zero attached hydrogens (tertiary/aromatic N) is 1. The second-order valence-electron chi connectivity index (χ2n) is 5.98. The Labute approximate surface area is 160 Å². The number of rotatable bonds is 5. The molecule has 0 saturated carbocycles. The van der Waals surface area contributed by atoms with Crippen molar-refractivity contribution in [2.45, 2.75) is 0 Å². The molecule has 1 unspecified atom stereocenters. The molecule has 8 nitrogen and oxygen atoms in total. The molecule has 1 atom stereocenters. The first-order chi connectivity index (χ1) is 13.4. The van der Waals surface area contributed by atoms with Gasteiger partial charge in [-0.2, -0.15) is 0 Å². The Bertz CT molecular complexity index is 894. The third-order valence-corrected chi connectivity index (χ3v) is 4.20. The fraction of sp³-hybridized carbons (Fsp3) is 0.211. The summed E-state index contributed by atoms with van der Waals surface area (Å²) in [4.78, 5) is 38.4.